The van der Waals surface area contributed by atoms with Crippen LogP contribution in [0.4, 0.5) is 5.95 Å². The zero-order chi connectivity index (χ0) is 18.6. The van der Waals surface area contributed by atoms with Crippen molar-refractivity contribution in [3.63, 3.8) is 0 Å². The van der Waals surface area contributed by atoms with E-state index in [1.54, 1.807) is 35.4 Å². The number of carbonyl (C=O) groups is 2. The summed E-state index contributed by atoms with van der Waals surface area (Å²) >= 11 is 0. The first-order valence-corrected chi connectivity index (χ1v) is 8.99. The molecule has 4 rings (SSSR count). The van der Waals surface area contributed by atoms with Gasteiger partial charge in [-0.15, -0.1) is 0 Å². The van der Waals surface area contributed by atoms with Crippen molar-refractivity contribution in [1.29, 1.82) is 0 Å². The van der Waals surface area contributed by atoms with Crippen LogP contribution in [0.3, 0.4) is 0 Å². The molecule has 0 saturated carbocycles. The fourth-order valence-corrected chi connectivity index (χ4v) is 3.19. The van der Waals surface area contributed by atoms with Gasteiger partial charge < -0.3 is 19.9 Å². The van der Waals surface area contributed by atoms with E-state index in [1.165, 1.54) is 0 Å². The van der Waals surface area contributed by atoms with E-state index in [0.717, 1.165) is 24.3 Å². The van der Waals surface area contributed by atoms with Gasteiger partial charge in [0.25, 0.3) is 5.91 Å². The highest BCUT2D eigenvalue weighted by molar-refractivity contribution is 5.96. The highest BCUT2D eigenvalue weighted by Gasteiger charge is 2.26. The van der Waals surface area contributed by atoms with Crippen LogP contribution in [0.1, 0.15) is 21.6 Å². The lowest BCUT2D eigenvalue weighted by molar-refractivity contribution is -0.130. The Morgan fingerprint density at radius 2 is 1.89 bits per heavy atom. The molecule has 0 unspecified atom stereocenters. The third-order valence-electron chi connectivity index (χ3n) is 4.73. The molecule has 27 heavy (non-hydrogen) atoms. The van der Waals surface area contributed by atoms with Crippen molar-refractivity contribution in [3.8, 4) is 0 Å². The largest absolute Gasteiger partial charge is 0.378 e. The molecule has 2 amide bonds. The highest BCUT2D eigenvalue weighted by Crippen LogP contribution is 2.22. The number of amides is 2. The molecular weight excluding hydrogens is 346 g/mol. The maximum atomic E-state index is 12.5. The first-order valence-electron chi connectivity index (χ1n) is 8.99. The Kier molecular flexibility index (Phi) is 4.97. The number of morpholine rings is 1. The molecule has 1 aromatic carbocycles. The van der Waals surface area contributed by atoms with E-state index >= 15 is 0 Å². The monoisotopic (exact) mass is 367 g/mol. The van der Waals surface area contributed by atoms with Gasteiger partial charge in [0.15, 0.2) is 0 Å². The Morgan fingerprint density at radius 1 is 1.11 bits per heavy atom. The SMILES string of the molecule is O=C(NCC(=O)N1Cc2cnc(N3CCOCC3)nc2C1)c1ccccc1. The van der Waals surface area contributed by atoms with Gasteiger partial charge in [-0.3, -0.25) is 9.59 Å². The van der Waals surface area contributed by atoms with Gasteiger partial charge in [0.1, 0.15) is 0 Å². The molecule has 2 aromatic rings. The Morgan fingerprint density at radius 3 is 2.67 bits per heavy atom. The number of rotatable bonds is 4. The molecule has 1 saturated heterocycles. The second-order valence-electron chi connectivity index (χ2n) is 6.54. The van der Waals surface area contributed by atoms with Gasteiger partial charge in [-0.25, -0.2) is 9.97 Å². The van der Waals surface area contributed by atoms with Crippen LogP contribution in [-0.2, 0) is 22.6 Å². The summed E-state index contributed by atoms with van der Waals surface area (Å²) in [5, 5.41) is 2.68. The minimum absolute atomic E-state index is 0.0362. The topological polar surface area (TPSA) is 87.7 Å². The maximum Gasteiger partial charge on any atom is 0.251 e. The molecule has 8 heteroatoms. The van der Waals surface area contributed by atoms with Crippen molar-refractivity contribution in [1.82, 2.24) is 20.2 Å². The zero-order valence-electron chi connectivity index (χ0n) is 14.9. The van der Waals surface area contributed by atoms with E-state index in [-0.39, 0.29) is 18.4 Å². The smallest absolute Gasteiger partial charge is 0.251 e. The summed E-state index contributed by atoms with van der Waals surface area (Å²) in [6.45, 7) is 3.76. The molecule has 0 aliphatic carbocycles. The van der Waals surface area contributed by atoms with Crippen molar-refractivity contribution in [2.45, 2.75) is 13.1 Å². The number of nitrogens with zero attached hydrogens (tertiary/aromatic N) is 4. The van der Waals surface area contributed by atoms with Gasteiger partial charge in [0, 0.05) is 37.0 Å². The molecule has 1 N–H and O–H groups in total. The number of anilines is 1. The number of ether oxygens (including phenoxy) is 1. The number of hydrogen-bond donors (Lipinski definition) is 1. The number of carbonyl (C=O) groups excluding carboxylic acids is 2. The lowest BCUT2D eigenvalue weighted by Gasteiger charge is -2.26. The quantitative estimate of drug-likeness (QED) is 0.851. The van der Waals surface area contributed by atoms with Gasteiger partial charge in [-0.05, 0) is 12.1 Å². The minimum Gasteiger partial charge on any atom is -0.378 e. The zero-order valence-corrected chi connectivity index (χ0v) is 14.9. The van der Waals surface area contributed by atoms with Crippen LogP contribution in [0, 0.1) is 0 Å². The Hall–Kier alpha value is -3.00. The fourth-order valence-electron chi connectivity index (χ4n) is 3.19. The van der Waals surface area contributed by atoms with Crippen LogP contribution in [0.15, 0.2) is 36.5 Å². The van der Waals surface area contributed by atoms with Crippen LogP contribution in [0.2, 0.25) is 0 Å². The maximum absolute atomic E-state index is 12.5. The van der Waals surface area contributed by atoms with Crippen LogP contribution < -0.4 is 10.2 Å². The van der Waals surface area contributed by atoms with Crippen LogP contribution in [-0.4, -0.2) is 59.5 Å². The summed E-state index contributed by atoms with van der Waals surface area (Å²) in [6, 6.07) is 8.86. The van der Waals surface area contributed by atoms with Gasteiger partial charge in [-0.2, -0.15) is 0 Å². The Labute approximate surface area is 157 Å². The summed E-state index contributed by atoms with van der Waals surface area (Å²) in [5.41, 5.74) is 2.36. The molecule has 1 fully saturated rings. The van der Waals surface area contributed by atoms with E-state index in [0.29, 0.717) is 37.8 Å². The normalized spacial score (nSPS) is 16.1. The van der Waals surface area contributed by atoms with E-state index in [9.17, 15) is 9.59 Å². The molecule has 0 atom stereocenters. The summed E-state index contributed by atoms with van der Waals surface area (Å²) in [7, 11) is 0. The van der Waals surface area contributed by atoms with Crippen molar-refractivity contribution in [2.24, 2.45) is 0 Å². The molecular formula is C19H21N5O3. The molecule has 1 aromatic heterocycles. The lowest BCUT2D eigenvalue weighted by atomic mass is 10.2. The molecule has 2 aliphatic rings. The Balaban J connectivity index is 1.35. The molecule has 0 spiro atoms. The van der Waals surface area contributed by atoms with Crippen molar-refractivity contribution >= 4 is 17.8 Å². The van der Waals surface area contributed by atoms with Crippen LogP contribution in [0.25, 0.3) is 0 Å². The standard InChI is InChI=1S/C19H21N5O3/c25-17(11-20-18(26)14-4-2-1-3-5-14)24-12-15-10-21-19(22-16(15)13-24)23-6-8-27-9-7-23/h1-5,10H,6-9,11-13H2,(H,20,26). The molecule has 3 heterocycles. The Bertz CT molecular complexity index is 836. The van der Waals surface area contributed by atoms with Crippen molar-refractivity contribution in [2.75, 3.05) is 37.7 Å². The van der Waals surface area contributed by atoms with Gasteiger partial charge >= 0.3 is 0 Å². The van der Waals surface area contributed by atoms with E-state index in [1.807, 2.05) is 6.07 Å². The second-order valence-corrected chi connectivity index (χ2v) is 6.54. The van der Waals surface area contributed by atoms with Crippen LogP contribution in [0.5, 0.6) is 0 Å². The summed E-state index contributed by atoms with van der Waals surface area (Å²) in [5.74, 6) is 0.295. The van der Waals surface area contributed by atoms with Gasteiger partial charge in [0.2, 0.25) is 11.9 Å². The number of fused-ring (bicyclic) bond motifs is 1. The predicted octanol–water partition coefficient (Wildman–Crippen LogP) is 0.585. The lowest BCUT2D eigenvalue weighted by Crippen LogP contribution is -2.37. The second kappa shape index (κ2) is 7.71. The fraction of sp³-hybridized carbons (Fsp3) is 0.368. The molecule has 140 valence electrons. The molecule has 2 aliphatic heterocycles. The highest BCUT2D eigenvalue weighted by atomic mass is 16.5. The van der Waals surface area contributed by atoms with Crippen molar-refractivity contribution < 1.29 is 14.3 Å². The van der Waals surface area contributed by atoms with E-state index in [2.05, 4.69) is 20.2 Å². The van der Waals surface area contributed by atoms with E-state index in [4.69, 9.17) is 4.74 Å². The van der Waals surface area contributed by atoms with Crippen molar-refractivity contribution in [3.05, 3.63) is 53.3 Å². The molecule has 8 nitrogen and oxygen atoms in total. The average molecular weight is 367 g/mol. The first kappa shape index (κ1) is 17.4. The van der Waals surface area contributed by atoms with Gasteiger partial charge in [0.05, 0.1) is 32.0 Å². The number of hydrogen-bond acceptors (Lipinski definition) is 6. The number of benzene rings is 1. The van der Waals surface area contributed by atoms with Gasteiger partial charge in [-0.1, -0.05) is 18.2 Å². The summed E-state index contributed by atoms with van der Waals surface area (Å²) in [4.78, 5) is 37.4. The average Bonchev–Trinajstić information content (AvgIpc) is 3.16. The summed E-state index contributed by atoms with van der Waals surface area (Å²) in [6.07, 6.45) is 1.79. The third-order valence-corrected chi connectivity index (χ3v) is 4.73. The number of aromatic nitrogens is 2. The third kappa shape index (κ3) is 3.90. The number of nitrogens with one attached hydrogen (secondary N) is 1. The molecule has 0 radical (unpaired) electrons. The minimum atomic E-state index is -0.255. The van der Waals surface area contributed by atoms with E-state index < -0.39 is 0 Å². The predicted molar refractivity (Wildman–Crippen MR) is 98.1 cm³/mol. The van der Waals surface area contributed by atoms with Crippen LogP contribution >= 0.6 is 0 Å². The molecule has 0 bridgehead atoms. The first-order chi connectivity index (χ1) is 13.2. The summed E-state index contributed by atoms with van der Waals surface area (Å²) < 4.78 is 5.36.